The van der Waals surface area contributed by atoms with E-state index in [0.717, 1.165) is 42.9 Å². The van der Waals surface area contributed by atoms with Gasteiger partial charge in [0, 0.05) is 6.07 Å². The number of methoxy groups -OCH3 is 2. The van der Waals surface area contributed by atoms with Crippen molar-refractivity contribution < 1.29 is 14.6 Å². The SMILES string of the molecule is COc1ccc(OC)c(N[C@H]2CCCC[C@@H]2O)c1. The Labute approximate surface area is 108 Å². The minimum absolute atomic E-state index is 0.0970. The number of anilines is 1. The normalized spacial score (nSPS) is 23.5. The van der Waals surface area contributed by atoms with Crippen molar-refractivity contribution in [3.8, 4) is 11.5 Å². The third kappa shape index (κ3) is 2.88. The second kappa shape index (κ2) is 5.96. The average Bonchev–Trinajstić information content (AvgIpc) is 2.41. The Hall–Kier alpha value is -1.42. The lowest BCUT2D eigenvalue weighted by Gasteiger charge is -2.29. The van der Waals surface area contributed by atoms with Crippen LogP contribution < -0.4 is 14.8 Å². The van der Waals surface area contributed by atoms with Crippen LogP contribution in [0.5, 0.6) is 11.5 Å². The van der Waals surface area contributed by atoms with Crippen molar-refractivity contribution in [2.45, 2.75) is 37.8 Å². The summed E-state index contributed by atoms with van der Waals surface area (Å²) in [6.07, 6.45) is 3.83. The maximum Gasteiger partial charge on any atom is 0.142 e. The summed E-state index contributed by atoms with van der Waals surface area (Å²) < 4.78 is 10.5. The zero-order valence-electron chi connectivity index (χ0n) is 11.0. The highest BCUT2D eigenvalue weighted by Crippen LogP contribution is 2.31. The molecular weight excluding hydrogens is 230 g/mol. The van der Waals surface area contributed by atoms with E-state index in [-0.39, 0.29) is 12.1 Å². The van der Waals surface area contributed by atoms with Gasteiger partial charge in [0.1, 0.15) is 11.5 Å². The average molecular weight is 251 g/mol. The Balaban J connectivity index is 2.15. The highest BCUT2D eigenvalue weighted by Gasteiger charge is 2.23. The van der Waals surface area contributed by atoms with Gasteiger partial charge in [-0.05, 0) is 25.0 Å². The summed E-state index contributed by atoms with van der Waals surface area (Å²) in [6, 6.07) is 5.73. The predicted octanol–water partition coefficient (Wildman–Crippen LogP) is 2.42. The fourth-order valence-electron chi connectivity index (χ4n) is 2.41. The molecule has 4 nitrogen and oxygen atoms in total. The molecule has 0 unspecified atom stereocenters. The van der Waals surface area contributed by atoms with Gasteiger partial charge >= 0.3 is 0 Å². The first-order valence-corrected chi connectivity index (χ1v) is 6.41. The van der Waals surface area contributed by atoms with E-state index >= 15 is 0 Å². The fourth-order valence-corrected chi connectivity index (χ4v) is 2.41. The summed E-state index contributed by atoms with van der Waals surface area (Å²) in [6.45, 7) is 0. The molecule has 2 atom stereocenters. The molecule has 0 saturated heterocycles. The summed E-state index contributed by atoms with van der Waals surface area (Å²) in [7, 11) is 3.28. The molecule has 2 N–H and O–H groups in total. The minimum Gasteiger partial charge on any atom is -0.497 e. The first-order chi connectivity index (χ1) is 8.74. The standard InChI is InChI=1S/C14H21NO3/c1-17-10-7-8-14(18-2)12(9-10)15-11-5-3-4-6-13(11)16/h7-9,11,13,15-16H,3-6H2,1-2H3/t11-,13-/m0/s1. The zero-order chi connectivity index (χ0) is 13.0. The number of nitrogens with one attached hydrogen (secondary N) is 1. The van der Waals surface area contributed by atoms with Crippen LogP contribution >= 0.6 is 0 Å². The van der Waals surface area contributed by atoms with Gasteiger partial charge in [-0.1, -0.05) is 12.8 Å². The molecule has 0 spiro atoms. The van der Waals surface area contributed by atoms with E-state index in [2.05, 4.69) is 5.32 Å². The number of benzene rings is 1. The molecule has 4 heteroatoms. The molecule has 1 aliphatic carbocycles. The van der Waals surface area contributed by atoms with Crippen LogP contribution in [0.4, 0.5) is 5.69 Å². The van der Waals surface area contributed by atoms with Crippen LogP contribution in [-0.4, -0.2) is 31.5 Å². The predicted molar refractivity (Wildman–Crippen MR) is 71.4 cm³/mol. The summed E-state index contributed by atoms with van der Waals surface area (Å²) in [4.78, 5) is 0. The summed E-state index contributed by atoms with van der Waals surface area (Å²) >= 11 is 0. The van der Waals surface area contributed by atoms with Crippen molar-refractivity contribution in [1.29, 1.82) is 0 Å². The maximum absolute atomic E-state index is 9.99. The van der Waals surface area contributed by atoms with Crippen LogP contribution in [0.2, 0.25) is 0 Å². The first kappa shape index (κ1) is 13.0. The van der Waals surface area contributed by atoms with E-state index < -0.39 is 0 Å². The van der Waals surface area contributed by atoms with E-state index in [1.165, 1.54) is 0 Å². The van der Waals surface area contributed by atoms with Crippen LogP contribution in [-0.2, 0) is 0 Å². The molecule has 0 radical (unpaired) electrons. The Bertz CT molecular complexity index is 395. The quantitative estimate of drug-likeness (QED) is 0.863. The monoisotopic (exact) mass is 251 g/mol. The van der Waals surface area contributed by atoms with Crippen molar-refractivity contribution in [3.05, 3.63) is 18.2 Å². The molecule has 1 fully saturated rings. The van der Waals surface area contributed by atoms with E-state index in [1.54, 1.807) is 14.2 Å². The molecule has 18 heavy (non-hydrogen) atoms. The number of hydrogen-bond acceptors (Lipinski definition) is 4. The number of hydrogen-bond donors (Lipinski definition) is 2. The van der Waals surface area contributed by atoms with Crippen molar-refractivity contribution >= 4 is 5.69 Å². The molecule has 1 aromatic carbocycles. The van der Waals surface area contributed by atoms with Crippen molar-refractivity contribution in [2.24, 2.45) is 0 Å². The topological polar surface area (TPSA) is 50.7 Å². The molecule has 1 aliphatic rings. The summed E-state index contributed by atoms with van der Waals surface area (Å²) in [5.41, 5.74) is 0.878. The molecule has 0 bridgehead atoms. The minimum atomic E-state index is -0.283. The van der Waals surface area contributed by atoms with Gasteiger partial charge in [-0.2, -0.15) is 0 Å². The van der Waals surface area contributed by atoms with Gasteiger partial charge in [-0.15, -0.1) is 0 Å². The Kier molecular flexibility index (Phi) is 4.31. The van der Waals surface area contributed by atoms with E-state index in [9.17, 15) is 5.11 Å². The molecule has 1 aromatic rings. The Morgan fingerprint density at radius 1 is 1.17 bits per heavy atom. The van der Waals surface area contributed by atoms with Gasteiger partial charge < -0.3 is 19.9 Å². The highest BCUT2D eigenvalue weighted by molar-refractivity contribution is 5.60. The third-order valence-electron chi connectivity index (χ3n) is 3.48. The van der Waals surface area contributed by atoms with Crippen LogP contribution in [0, 0.1) is 0 Å². The molecule has 0 aromatic heterocycles. The van der Waals surface area contributed by atoms with Crippen molar-refractivity contribution in [2.75, 3.05) is 19.5 Å². The Morgan fingerprint density at radius 3 is 2.61 bits per heavy atom. The third-order valence-corrected chi connectivity index (χ3v) is 3.48. The molecule has 1 saturated carbocycles. The van der Waals surface area contributed by atoms with Crippen LogP contribution in [0.15, 0.2) is 18.2 Å². The first-order valence-electron chi connectivity index (χ1n) is 6.41. The van der Waals surface area contributed by atoms with Gasteiger partial charge in [-0.25, -0.2) is 0 Å². The van der Waals surface area contributed by atoms with Gasteiger partial charge in [-0.3, -0.25) is 0 Å². The summed E-state index contributed by atoms with van der Waals surface area (Å²) in [5.74, 6) is 1.55. The second-order valence-corrected chi connectivity index (χ2v) is 4.67. The van der Waals surface area contributed by atoms with Crippen molar-refractivity contribution in [3.63, 3.8) is 0 Å². The fraction of sp³-hybridized carbons (Fsp3) is 0.571. The Morgan fingerprint density at radius 2 is 1.94 bits per heavy atom. The number of aliphatic hydroxyl groups excluding tert-OH is 1. The lowest BCUT2D eigenvalue weighted by atomic mass is 9.92. The second-order valence-electron chi connectivity index (χ2n) is 4.67. The smallest absolute Gasteiger partial charge is 0.142 e. The number of ether oxygens (including phenoxy) is 2. The molecule has 0 aliphatic heterocycles. The van der Waals surface area contributed by atoms with Gasteiger partial charge in [0.25, 0.3) is 0 Å². The van der Waals surface area contributed by atoms with E-state index in [4.69, 9.17) is 9.47 Å². The molecule has 100 valence electrons. The number of aliphatic hydroxyl groups is 1. The molecule has 0 amide bonds. The lowest BCUT2D eigenvalue weighted by molar-refractivity contribution is 0.116. The molecule has 2 rings (SSSR count). The van der Waals surface area contributed by atoms with Crippen molar-refractivity contribution in [1.82, 2.24) is 0 Å². The van der Waals surface area contributed by atoms with E-state index in [0.29, 0.717) is 0 Å². The van der Waals surface area contributed by atoms with Crippen LogP contribution in [0.1, 0.15) is 25.7 Å². The highest BCUT2D eigenvalue weighted by atomic mass is 16.5. The van der Waals surface area contributed by atoms with Crippen LogP contribution in [0.25, 0.3) is 0 Å². The molecular formula is C14H21NO3. The molecule has 0 heterocycles. The van der Waals surface area contributed by atoms with Gasteiger partial charge in [0.15, 0.2) is 0 Å². The van der Waals surface area contributed by atoms with Crippen LogP contribution in [0.3, 0.4) is 0 Å². The van der Waals surface area contributed by atoms with Gasteiger partial charge in [0.05, 0.1) is 32.1 Å². The maximum atomic E-state index is 9.99. The zero-order valence-corrected chi connectivity index (χ0v) is 11.0. The summed E-state index contributed by atoms with van der Waals surface area (Å²) in [5, 5.41) is 13.4. The largest absolute Gasteiger partial charge is 0.497 e. The van der Waals surface area contributed by atoms with E-state index in [1.807, 2.05) is 18.2 Å². The van der Waals surface area contributed by atoms with Gasteiger partial charge in [0.2, 0.25) is 0 Å². The lowest BCUT2D eigenvalue weighted by Crippen LogP contribution is -2.36. The number of rotatable bonds is 4.